The van der Waals surface area contributed by atoms with Gasteiger partial charge in [0.25, 0.3) is 5.91 Å². The number of carbonyl (C=O) groups is 2. The molecule has 5 N–H and O–H groups in total. The normalized spacial score (nSPS) is 12.6. The molecule has 6 nitrogen and oxygen atoms in total. The van der Waals surface area contributed by atoms with Crippen molar-refractivity contribution >= 4 is 17.6 Å². The van der Waals surface area contributed by atoms with Gasteiger partial charge >= 0.3 is 12.2 Å². The van der Waals surface area contributed by atoms with Crippen LogP contribution in [0.1, 0.15) is 12.5 Å². The minimum absolute atomic E-state index is 0.106. The summed E-state index contributed by atoms with van der Waals surface area (Å²) in [6.45, 7) is 1.29. The van der Waals surface area contributed by atoms with E-state index in [1.54, 1.807) is 5.32 Å². The molecule has 1 unspecified atom stereocenters. The van der Waals surface area contributed by atoms with Crippen molar-refractivity contribution < 1.29 is 27.5 Å². The van der Waals surface area contributed by atoms with Crippen molar-refractivity contribution in [1.82, 2.24) is 5.32 Å². The lowest BCUT2D eigenvalue weighted by molar-refractivity contribution is -0.137. The molecule has 0 aliphatic rings. The van der Waals surface area contributed by atoms with Crippen LogP contribution in [0.4, 0.5) is 23.7 Å². The number of amides is 3. The highest BCUT2D eigenvalue weighted by molar-refractivity contribution is 5.95. The molecule has 0 saturated carbocycles. The lowest BCUT2D eigenvalue weighted by atomic mass is 10.2. The number of ether oxygens (including phenoxy) is 1. The van der Waals surface area contributed by atoms with Crippen LogP contribution in [0.3, 0.4) is 0 Å². The Balaban J connectivity index is 2.84. The van der Waals surface area contributed by atoms with Gasteiger partial charge in [0.05, 0.1) is 11.3 Å². The molecule has 1 atom stereocenters. The predicted octanol–water partition coefficient (Wildman–Crippen LogP) is 1.25. The van der Waals surface area contributed by atoms with Crippen LogP contribution in [0.25, 0.3) is 0 Å². The van der Waals surface area contributed by atoms with Crippen LogP contribution in [0, 0.1) is 0 Å². The largest absolute Gasteiger partial charge is 0.479 e. The van der Waals surface area contributed by atoms with Crippen LogP contribution in [-0.4, -0.2) is 18.0 Å². The molecule has 1 aromatic rings. The maximum absolute atomic E-state index is 12.4. The first-order chi connectivity index (χ1) is 9.11. The first kappa shape index (κ1) is 15.6. The summed E-state index contributed by atoms with van der Waals surface area (Å²) in [7, 11) is 0. The zero-order valence-corrected chi connectivity index (χ0v) is 10.3. The molecule has 0 radical (unpaired) electrons. The van der Waals surface area contributed by atoms with E-state index < -0.39 is 29.8 Å². The van der Waals surface area contributed by atoms with E-state index in [1.807, 2.05) is 0 Å². The van der Waals surface area contributed by atoms with E-state index in [2.05, 4.69) is 0 Å². The summed E-state index contributed by atoms with van der Waals surface area (Å²) in [5.41, 5.74) is 8.95. The SMILES string of the molecule is CC(Oc1ccc(C(F)(F)F)cc1N)C(=O)NC(N)=O. The average molecular weight is 291 g/mol. The fourth-order valence-electron chi connectivity index (χ4n) is 1.30. The first-order valence-electron chi connectivity index (χ1n) is 5.35. The third kappa shape index (κ3) is 4.04. The number of alkyl halides is 3. The highest BCUT2D eigenvalue weighted by Gasteiger charge is 2.31. The Morgan fingerprint density at radius 2 is 1.95 bits per heavy atom. The van der Waals surface area contributed by atoms with E-state index in [1.165, 1.54) is 6.92 Å². The third-order valence-electron chi connectivity index (χ3n) is 2.26. The van der Waals surface area contributed by atoms with Crippen molar-refractivity contribution in [1.29, 1.82) is 0 Å². The molecule has 0 fully saturated rings. The van der Waals surface area contributed by atoms with Crippen LogP contribution in [0.15, 0.2) is 18.2 Å². The Morgan fingerprint density at radius 1 is 1.35 bits per heavy atom. The van der Waals surface area contributed by atoms with Gasteiger partial charge in [-0.2, -0.15) is 13.2 Å². The van der Waals surface area contributed by atoms with E-state index in [0.29, 0.717) is 6.07 Å². The number of urea groups is 1. The Labute approximate surface area is 111 Å². The van der Waals surface area contributed by atoms with Crippen LogP contribution < -0.4 is 21.5 Å². The van der Waals surface area contributed by atoms with Crippen LogP contribution >= 0.6 is 0 Å². The van der Waals surface area contributed by atoms with Crippen molar-refractivity contribution in [2.75, 3.05) is 5.73 Å². The summed E-state index contributed by atoms with van der Waals surface area (Å²) in [6, 6.07) is 1.39. The fraction of sp³-hybridized carbons (Fsp3) is 0.273. The molecule has 0 saturated heterocycles. The Hall–Kier alpha value is -2.45. The van der Waals surface area contributed by atoms with E-state index >= 15 is 0 Å². The number of primary amides is 1. The second kappa shape index (κ2) is 5.68. The second-order valence-corrected chi connectivity index (χ2v) is 3.86. The number of anilines is 1. The van der Waals surface area contributed by atoms with Gasteiger partial charge in [-0.3, -0.25) is 10.1 Å². The summed E-state index contributed by atoms with van der Waals surface area (Å²) >= 11 is 0. The number of hydrogen-bond donors (Lipinski definition) is 3. The molecule has 0 aromatic heterocycles. The number of halogens is 3. The molecule has 0 aliphatic heterocycles. The quantitative estimate of drug-likeness (QED) is 0.728. The second-order valence-electron chi connectivity index (χ2n) is 3.86. The number of carbonyl (C=O) groups excluding carboxylic acids is 2. The molecule has 1 rings (SSSR count). The molecule has 110 valence electrons. The van der Waals surface area contributed by atoms with Gasteiger partial charge in [0, 0.05) is 0 Å². The van der Waals surface area contributed by atoms with Crippen molar-refractivity contribution in [3.05, 3.63) is 23.8 Å². The first-order valence-corrected chi connectivity index (χ1v) is 5.35. The van der Waals surface area contributed by atoms with Gasteiger partial charge in [0.1, 0.15) is 5.75 Å². The smallest absolute Gasteiger partial charge is 0.416 e. The summed E-state index contributed by atoms with van der Waals surface area (Å²) in [4.78, 5) is 21.8. The number of nitrogens with one attached hydrogen (secondary N) is 1. The molecule has 9 heteroatoms. The zero-order chi connectivity index (χ0) is 15.5. The summed E-state index contributed by atoms with van der Waals surface area (Å²) in [5.74, 6) is -0.943. The lowest BCUT2D eigenvalue weighted by Gasteiger charge is -2.16. The topological polar surface area (TPSA) is 107 Å². The number of benzene rings is 1. The standard InChI is InChI=1S/C11H12F3N3O3/c1-5(9(18)17-10(16)19)20-8-3-2-6(4-7(8)15)11(12,13)14/h2-5H,15H2,1H3,(H3,16,17,18,19). The van der Waals surface area contributed by atoms with Gasteiger partial charge in [-0.15, -0.1) is 0 Å². The molecule has 0 bridgehead atoms. The predicted molar refractivity (Wildman–Crippen MR) is 63.7 cm³/mol. The molecule has 3 amide bonds. The minimum atomic E-state index is -4.53. The van der Waals surface area contributed by atoms with Crippen LogP contribution in [0.5, 0.6) is 5.75 Å². The Kier molecular flexibility index (Phi) is 4.43. The molecule has 0 spiro atoms. The van der Waals surface area contributed by atoms with Gasteiger partial charge < -0.3 is 16.2 Å². The van der Waals surface area contributed by atoms with Crippen molar-refractivity contribution in [2.24, 2.45) is 5.73 Å². The van der Waals surface area contributed by atoms with Gasteiger partial charge in [-0.1, -0.05) is 0 Å². The Bertz CT molecular complexity index is 531. The molecule has 20 heavy (non-hydrogen) atoms. The van der Waals surface area contributed by atoms with E-state index in [4.69, 9.17) is 16.2 Å². The Morgan fingerprint density at radius 3 is 2.40 bits per heavy atom. The van der Waals surface area contributed by atoms with Crippen LogP contribution in [-0.2, 0) is 11.0 Å². The van der Waals surface area contributed by atoms with Crippen molar-refractivity contribution in [3.63, 3.8) is 0 Å². The lowest BCUT2D eigenvalue weighted by Crippen LogP contribution is -2.42. The number of nitrogen functional groups attached to an aromatic ring is 1. The monoisotopic (exact) mass is 291 g/mol. The number of rotatable bonds is 3. The average Bonchev–Trinajstić information content (AvgIpc) is 2.29. The molecular weight excluding hydrogens is 279 g/mol. The zero-order valence-electron chi connectivity index (χ0n) is 10.3. The molecule has 1 aromatic carbocycles. The highest BCUT2D eigenvalue weighted by Crippen LogP contribution is 2.33. The van der Waals surface area contributed by atoms with Crippen LogP contribution in [0.2, 0.25) is 0 Å². The number of nitrogens with two attached hydrogens (primary N) is 2. The van der Waals surface area contributed by atoms with E-state index in [0.717, 1.165) is 12.1 Å². The molecular formula is C11H12F3N3O3. The summed E-state index contributed by atoms with van der Waals surface area (Å²) in [6.07, 6.45) is -5.68. The molecule has 0 heterocycles. The molecule has 0 aliphatic carbocycles. The van der Waals surface area contributed by atoms with Gasteiger partial charge in [0.2, 0.25) is 0 Å². The van der Waals surface area contributed by atoms with Crippen molar-refractivity contribution in [3.8, 4) is 5.75 Å². The maximum Gasteiger partial charge on any atom is 0.416 e. The minimum Gasteiger partial charge on any atom is -0.479 e. The van der Waals surface area contributed by atoms with Gasteiger partial charge in [-0.05, 0) is 25.1 Å². The van der Waals surface area contributed by atoms with Gasteiger partial charge in [-0.25, -0.2) is 4.79 Å². The highest BCUT2D eigenvalue weighted by atomic mass is 19.4. The fourth-order valence-corrected chi connectivity index (χ4v) is 1.30. The third-order valence-corrected chi connectivity index (χ3v) is 2.26. The van der Waals surface area contributed by atoms with Crippen molar-refractivity contribution in [2.45, 2.75) is 19.2 Å². The maximum atomic E-state index is 12.4. The van der Waals surface area contributed by atoms with E-state index in [9.17, 15) is 22.8 Å². The summed E-state index contributed by atoms with van der Waals surface area (Å²) in [5, 5.41) is 1.77. The van der Waals surface area contributed by atoms with Gasteiger partial charge in [0.15, 0.2) is 6.10 Å². The summed E-state index contributed by atoms with van der Waals surface area (Å²) < 4.78 is 42.3. The number of imide groups is 1. The number of hydrogen-bond acceptors (Lipinski definition) is 4. The van der Waals surface area contributed by atoms with E-state index in [-0.39, 0.29) is 11.4 Å².